The number of nitrogens with zero attached hydrogens (tertiary/aromatic N) is 1. The zero-order valence-corrected chi connectivity index (χ0v) is 14.1. The highest BCUT2D eigenvalue weighted by atomic mass is 16.2. The van der Waals surface area contributed by atoms with Gasteiger partial charge in [-0.25, -0.2) is 0 Å². The Morgan fingerprint density at radius 3 is 2.74 bits per heavy atom. The second-order valence-electron chi connectivity index (χ2n) is 6.63. The number of benzene rings is 2. The Bertz CT molecular complexity index is 682. The van der Waals surface area contributed by atoms with Crippen molar-refractivity contribution in [1.29, 1.82) is 0 Å². The van der Waals surface area contributed by atoms with Gasteiger partial charge in [0.25, 0.3) is 0 Å². The van der Waals surface area contributed by atoms with Gasteiger partial charge in [-0.2, -0.15) is 0 Å². The van der Waals surface area contributed by atoms with Gasteiger partial charge in [-0.05, 0) is 34.7 Å². The molecule has 1 amide bonds. The highest BCUT2D eigenvalue weighted by Gasteiger charge is 2.27. The van der Waals surface area contributed by atoms with Crippen LogP contribution in [-0.4, -0.2) is 29.9 Å². The molecular formula is C20H26N2O. The number of likely N-dealkylation sites (tertiary alicyclic amines) is 1. The Hall–Kier alpha value is -1.87. The van der Waals surface area contributed by atoms with E-state index in [2.05, 4.69) is 54.7 Å². The standard InChI is InChI=1S/C20H26N2O/c1-3-20(23)22-11-10-19(15(2)14-22)21-13-16-8-9-17-6-4-5-7-18(17)12-16/h4-9,12,15,19,21H,3,10-11,13-14H2,1-2H3/t15-,19-/m0/s1. The fraction of sp³-hybridized carbons (Fsp3) is 0.450. The summed E-state index contributed by atoms with van der Waals surface area (Å²) in [5.74, 6) is 0.782. The summed E-state index contributed by atoms with van der Waals surface area (Å²) in [6, 6.07) is 15.6. The topological polar surface area (TPSA) is 32.3 Å². The number of rotatable bonds is 4. The van der Waals surface area contributed by atoms with Crippen molar-refractivity contribution in [3.8, 4) is 0 Å². The van der Waals surface area contributed by atoms with E-state index in [1.54, 1.807) is 0 Å². The minimum Gasteiger partial charge on any atom is -0.342 e. The molecule has 0 radical (unpaired) electrons. The number of carbonyl (C=O) groups excluding carboxylic acids is 1. The van der Waals surface area contributed by atoms with Crippen LogP contribution in [0.2, 0.25) is 0 Å². The largest absolute Gasteiger partial charge is 0.342 e. The summed E-state index contributed by atoms with van der Waals surface area (Å²) in [6.07, 6.45) is 1.66. The first-order valence-corrected chi connectivity index (χ1v) is 8.66. The summed E-state index contributed by atoms with van der Waals surface area (Å²) in [5, 5.41) is 6.27. The number of piperidine rings is 1. The molecule has 0 spiro atoms. The molecule has 1 fully saturated rings. The average Bonchev–Trinajstić information content (AvgIpc) is 2.59. The second kappa shape index (κ2) is 7.14. The molecule has 3 nitrogen and oxygen atoms in total. The SMILES string of the molecule is CCC(=O)N1CC[C@H](NCc2ccc3ccccc3c2)[C@@H](C)C1. The third-order valence-corrected chi connectivity index (χ3v) is 4.94. The summed E-state index contributed by atoms with van der Waals surface area (Å²) >= 11 is 0. The van der Waals surface area contributed by atoms with Crippen LogP contribution >= 0.6 is 0 Å². The highest BCUT2D eigenvalue weighted by molar-refractivity contribution is 5.83. The fourth-order valence-corrected chi connectivity index (χ4v) is 3.50. The predicted octanol–water partition coefficient (Wildman–Crippen LogP) is 3.58. The van der Waals surface area contributed by atoms with Crippen LogP contribution in [0.1, 0.15) is 32.3 Å². The molecule has 2 aromatic carbocycles. The van der Waals surface area contributed by atoms with E-state index in [1.807, 2.05) is 11.8 Å². The van der Waals surface area contributed by atoms with E-state index in [9.17, 15) is 4.79 Å². The molecule has 23 heavy (non-hydrogen) atoms. The number of fused-ring (bicyclic) bond motifs is 1. The molecule has 0 aliphatic carbocycles. The summed E-state index contributed by atoms with van der Waals surface area (Å²) in [6.45, 7) is 6.83. The normalized spacial score (nSPS) is 21.6. The Labute approximate surface area is 138 Å². The van der Waals surface area contributed by atoms with Crippen LogP contribution in [-0.2, 0) is 11.3 Å². The second-order valence-corrected chi connectivity index (χ2v) is 6.63. The van der Waals surface area contributed by atoms with Crippen molar-refractivity contribution in [1.82, 2.24) is 10.2 Å². The van der Waals surface area contributed by atoms with Crippen molar-refractivity contribution >= 4 is 16.7 Å². The van der Waals surface area contributed by atoms with Gasteiger partial charge in [0.05, 0.1) is 0 Å². The van der Waals surface area contributed by atoms with Crippen LogP contribution in [0.25, 0.3) is 10.8 Å². The summed E-state index contributed by atoms with van der Waals surface area (Å²) in [5.41, 5.74) is 1.32. The van der Waals surface area contributed by atoms with Crippen LogP contribution in [0.15, 0.2) is 42.5 Å². The van der Waals surface area contributed by atoms with Gasteiger partial charge in [0.2, 0.25) is 5.91 Å². The fourth-order valence-electron chi connectivity index (χ4n) is 3.50. The van der Waals surface area contributed by atoms with Crippen LogP contribution in [0.5, 0.6) is 0 Å². The maximum absolute atomic E-state index is 11.8. The van der Waals surface area contributed by atoms with Crippen LogP contribution in [0.3, 0.4) is 0 Å². The number of amides is 1. The van der Waals surface area contributed by atoms with Crippen molar-refractivity contribution in [2.45, 2.75) is 39.3 Å². The Morgan fingerprint density at radius 1 is 1.22 bits per heavy atom. The molecule has 2 atom stereocenters. The lowest BCUT2D eigenvalue weighted by molar-refractivity contribution is -0.132. The number of carbonyl (C=O) groups is 1. The molecule has 3 heteroatoms. The minimum absolute atomic E-state index is 0.282. The molecule has 0 bridgehead atoms. The molecule has 0 unspecified atom stereocenters. The van der Waals surface area contributed by atoms with Gasteiger partial charge in [0, 0.05) is 32.1 Å². The minimum atomic E-state index is 0.282. The summed E-state index contributed by atoms with van der Waals surface area (Å²) < 4.78 is 0. The average molecular weight is 310 g/mol. The van der Waals surface area contributed by atoms with Gasteiger partial charge in [-0.15, -0.1) is 0 Å². The van der Waals surface area contributed by atoms with Crippen LogP contribution < -0.4 is 5.32 Å². The van der Waals surface area contributed by atoms with E-state index in [-0.39, 0.29) is 5.91 Å². The van der Waals surface area contributed by atoms with Gasteiger partial charge in [-0.3, -0.25) is 4.79 Å². The maximum atomic E-state index is 11.8. The number of nitrogens with one attached hydrogen (secondary N) is 1. The Morgan fingerprint density at radius 2 is 2.00 bits per heavy atom. The Kier molecular flexibility index (Phi) is 4.97. The van der Waals surface area contributed by atoms with Gasteiger partial charge in [0.1, 0.15) is 0 Å². The van der Waals surface area contributed by atoms with Gasteiger partial charge in [0.15, 0.2) is 0 Å². The van der Waals surface area contributed by atoms with E-state index >= 15 is 0 Å². The zero-order valence-electron chi connectivity index (χ0n) is 14.1. The lowest BCUT2D eigenvalue weighted by atomic mass is 9.93. The molecular weight excluding hydrogens is 284 g/mol. The van der Waals surface area contributed by atoms with Crippen molar-refractivity contribution in [3.63, 3.8) is 0 Å². The number of hydrogen-bond acceptors (Lipinski definition) is 2. The van der Waals surface area contributed by atoms with E-state index in [4.69, 9.17) is 0 Å². The van der Waals surface area contributed by atoms with Crippen LogP contribution in [0, 0.1) is 5.92 Å². The highest BCUT2D eigenvalue weighted by Crippen LogP contribution is 2.19. The van der Waals surface area contributed by atoms with E-state index in [1.165, 1.54) is 16.3 Å². The first-order chi connectivity index (χ1) is 11.2. The molecule has 1 N–H and O–H groups in total. The first-order valence-electron chi connectivity index (χ1n) is 8.66. The predicted molar refractivity (Wildman–Crippen MR) is 95.2 cm³/mol. The quantitative estimate of drug-likeness (QED) is 0.936. The van der Waals surface area contributed by atoms with E-state index in [0.717, 1.165) is 26.1 Å². The molecule has 0 aromatic heterocycles. The van der Waals surface area contributed by atoms with Crippen molar-refractivity contribution in [2.24, 2.45) is 5.92 Å². The number of hydrogen-bond donors (Lipinski definition) is 1. The summed E-state index contributed by atoms with van der Waals surface area (Å²) in [7, 11) is 0. The smallest absolute Gasteiger partial charge is 0.222 e. The zero-order chi connectivity index (χ0) is 16.2. The summed E-state index contributed by atoms with van der Waals surface area (Å²) in [4.78, 5) is 13.8. The van der Waals surface area contributed by atoms with Crippen molar-refractivity contribution in [3.05, 3.63) is 48.0 Å². The lowest BCUT2D eigenvalue weighted by Crippen LogP contribution is -2.49. The maximum Gasteiger partial charge on any atom is 0.222 e. The van der Waals surface area contributed by atoms with Crippen molar-refractivity contribution in [2.75, 3.05) is 13.1 Å². The molecule has 2 aromatic rings. The Balaban J connectivity index is 1.58. The third kappa shape index (κ3) is 3.73. The third-order valence-electron chi connectivity index (χ3n) is 4.94. The van der Waals surface area contributed by atoms with Crippen molar-refractivity contribution < 1.29 is 4.79 Å². The van der Waals surface area contributed by atoms with Gasteiger partial charge < -0.3 is 10.2 Å². The molecule has 3 rings (SSSR count). The molecule has 1 heterocycles. The van der Waals surface area contributed by atoms with Gasteiger partial charge >= 0.3 is 0 Å². The van der Waals surface area contributed by atoms with Crippen LogP contribution in [0.4, 0.5) is 0 Å². The first kappa shape index (κ1) is 16.0. The molecule has 122 valence electrons. The van der Waals surface area contributed by atoms with E-state index < -0.39 is 0 Å². The van der Waals surface area contributed by atoms with Gasteiger partial charge in [-0.1, -0.05) is 50.2 Å². The van der Waals surface area contributed by atoms with E-state index in [0.29, 0.717) is 18.4 Å². The lowest BCUT2D eigenvalue weighted by Gasteiger charge is -2.37. The molecule has 1 saturated heterocycles. The molecule has 1 aliphatic heterocycles. The monoisotopic (exact) mass is 310 g/mol. The molecule has 0 saturated carbocycles. The molecule has 1 aliphatic rings.